The molecule has 1 aromatic carbocycles. The first-order valence-electron chi connectivity index (χ1n) is 5.78. The Balaban J connectivity index is 2.03. The van der Waals surface area contributed by atoms with Gasteiger partial charge in [-0.25, -0.2) is 0 Å². The van der Waals surface area contributed by atoms with Crippen LogP contribution in [0.25, 0.3) is 0 Å². The first-order valence-corrected chi connectivity index (χ1v) is 5.78. The number of aromatic nitrogens is 4. The van der Waals surface area contributed by atoms with Crippen molar-refractivity contribution in [2.75, 3.05) is 0 Å². The molecule has 0 bridgehead atoms. The molecule has 2 N–H and O–H groups in total. The van der Waals surface area contributed by atoms with Crippen LogP contribution in [0, 0.1) is 5.92 Å². The summed E-state index contributed by atoms with van der Waals surface area (Å²) in [5.41, 5.74) is 1.28. The van der Waals surface area contributed by atoms with Gasteiger partial charge in [-0.15, -0.1) is 10.2 Å². The highest BCUT2D eigenvalue weighted by Crippen LogP contribution is 2.21. The molecule has 17 heavy (non-hydrogen) atoms. The summed E-state index contributed by atoms with van der Waals surface area (Å²) in [6.07, 6.45) is 0. The average molecular weight is 231 g/mol. The van der Waals surface area contributed by atoms with Crippen LogP contribution in [-0.2, 0) is 6.54 Å². The van der Waals surface area contributed by atoms with Gasteiger partial charge in [-0.1, -0.05) is 49.4 Å². The summed E-state index contributed by atoms with van der Waals surface area (Å²) in [5.74, 6) is 1.19. The molecule has 90 valence electrons. The van der Waals surface area contributed by atoms with Crippen LogP contribution in [0.1, 0.15) is 31.3 Å². The fourth-order valence-corrected chi connectivity index (χ4v) is 1.86. The van der Waals surface area contributed by atoms with Gasteiger partial charge in [0.1, 0.15) is 0 Å². The minimum Gasteiger partial charge on any atom is -0.303 e. The van der Waals surface area contributed by atoms with Crippen molar-refractivity contribution >= 4 is 0 Å². The maximum Gasteiger partial charge on any atom is 0.188 e. The molecule has 0 amide bonds. The smallest absolute Gasteiger partial charge is 0.188 e. The largest absolute Gasteiger partial charge is 0.303 e. The summed E-state index contributed by atoms with van der Waals surface area (Å²) in [6, 6.07) is 10.7. The zero-order chi connectivity index (χ0) is 12.1. The molecule has 2 rings (SSSR count). The molecule has 1 atom stereocenters. The third-order valence-electron chi connectivity index (χ3n) is 2.69. The highest BCUT2D eigenvalue weighted by Gasteiger charge is 2.15. The van der Waals surface area contributed by atoms with Gasteiger partial charge in [0, 0.05) is 6.04 Å². The van der Waals surface area contributed by atoms with Gasteiger partial charge in [-0.2, -0.15) is 5.21 Å². The van der Waals surface area contributed by atoms with E-state index in [2.05, 4.69) is 64.1 Å². The Morgan fingerprint density at radius 2 is 2.00 bits per heavy atom. The molecular formula is C12H17N5. The number of nitrogens with zero attached hydrogens (tertiary/aromatic N) is 3. The quantitative estimate of drug-likeness (QED) is 0.821. The zero-order valence-electron chi connectivity index (χ0n) is 10.1. The molecule has 0 aliphatic carbocycles. The summed E-state index contributed by atoms with van der Waals surface area (Å²) in [7, 11) is 0. The van der Waals surface area contributed by atoms with E-state index in [-0.39, 0.29) is 0 Å². The zero-order valence-corrected chi connectivity index (χ0v) is 10.1. The monoisotopic (exact) mass is 231 g/mol. The van der Waals surface area contributed by atoms with E-state index >= 15 is 0 Å². The first kappa shape index (κ1) is 11.7. The van der Waals surface area contributed by atoms with Crippen molar-refractivity contribution in [2.24, 2.45) is 5.92 Å². The van der Waals surface area contributed by atoms with E-state index in [4.69, 9.17) is 0 Å². The van der Waals surface area contributed by atoms with Crippen LogP contribution in [0.2, 0.25) is 0 Å². The maximum absolute atomic E-state index is 3.93. The van der Waals surface area contributed by atoms with Crippen LogP contribution in [0.5, 0.6) is 0 Å². The van der Waals surface area contributed by atoms with E-state index < -0.39 is 0 Å². The number of rotatable bonds is 5. The summed E-state index contributed by atoms with van der Waals surface area (Å²) in [5, 5.41) is 17.3. The molecular weight excluding hydrogens is 214 g/mol. The fourth-order valence-electron chi connectivity index (χ4n) is 1.86. The van der Waals surface area contributed by atoms with Crippen LogP contribution in [-0.4, -0.2) is 20.6 Å². The van der Waals surface area contributed by atoms with E-state index in [1.807, 2.05) is 6.07 Å². The lowest BCUT2D eigenvalue weighted by atomic mass is 9.96. The SMILES string of the molecule is CC(C)C(NCc1nn[nH]n1)c1ccccc1. The molecule has 5 heteroatoms. The van der Waals surface area contributed by atoms with Gasteiger partial charge in [0.15, 0.2) is 5.82 Å². The predicted octanol–water partition coefficient (Wildman–Crippen LogP) is 1.69. The average Bonchev–Trinajstić information content (AvgIpc) is 2.83. The van der Waals surface area contributed by atoms with E-state index in [0.717, 1.165) is 0 Å². The molecule has 2 aromatic rings. The predicted molar refractivity (Wildman–Crippen MR) is 65.0 cm³/mol. The molecule has 1 unspecified atom stereocenters. The second-order valence-corrected chi connectivity index (χ2v) is 4.34. The van der Waals surface area contributed by atoms with E-state index in [1.54, 1.807) is 0 Å². The number of tetrazole rings is 1. The molecule has 5 nitrogen and oxygen atoms in total. The Kier molecular flexibility index (Phi) is 3.82. The summed E-state index contributed by atoms with van der Waals surface area (Å²) in [6.45, 7) is 5.01. The summed E-state index contributed by atoms with van der Waals surface area (Å²) < 4.78 is 0. The van der Waals surface area contributed by atoms with Gasteiger partial charge < -0.3 is 5.32 Å². The molecule has 1 aromatic heterocycles. The summed E-state index contributed by atoms with van der Waals surface area (Å²) in [4.78, 5) is 0. The number of H-pyrrole nitrogens is 1. The maximum atomic E-state index is 3.93. The topological polar surface area (TPSA) is 66.5 Å². The van der Waals surface area contributed by atoms with Gasteiger partial charge >= 0.3 is 0 Å². The van der Waals surface area contributed by atoms with Crippen LogP contribution < -0.4 is 5.32 Å². The number of benzene rings is 1. The Bertz CT molecular complexity index is 423. The van der Waals surface area contributed by atoms with Crippen molar-refractivity contribution in [3.8, 4) is 0 Å². The third kappa shape index (κ3) is 3.10. The second kappa shape index (κ2) is 5.54. The van der Waals surface area contributed by atoms with Crippen molar-refractivity contribution in [1.29, 1.82) is 0 Å². The Morgan fingerprint density at radius 3 is 2.59 bits per heavy atom. The Morgan fingerprint density at radius 1 is 1.24 bits per heavy atom. The van der Waals surface area contributed by atoms with Crippen LogP contribution >= 0.6 is 0 Å². The van der Waals surface area contributed by atoms with Crippen molar-refractivity contribution in [3.63, 3.8) is 0 Å². The second-order valence-electron chi connectivity index (χ2n) is 4.34. The van der Waals surface area contributed by atoms with Crippen LogP contribution in [0.3, 0.4) is 0 Å². The van der Waals surface area contributed by atoms with Gasteiger partial charge in [-0.05, 0) is 11.5 Å². The van der Waals surface area contributed by atoms with Gasteiger partial charge in [0.25, 0.3) is 0 Å². The number of hydrogen-bond donors (Lipinski definition) is 2. The molecule has 0 spiro atoms. The lowest BCUT2D eigenvalue weighted by Gasteiger charge is -2.22. The summed E-state index contributed by atoms with van der Waals surface area (Å²) >= 11 is 0. The van der Waals surface area contributed by atoms with Crippen LogP contribution in [0.15, 0.2) is 30.3 Å². The van der Waals surface area contributed by atoms with E-state index in [1.165, 1.54) is 5.56 Å². The Labute approximate surface area is 101 Å². The van der Waals surface area contributed by atoms with Crippen molar-refractivity contribution in [1.82, 2.24) is 25.9 Å². The molecule has 0 aliphatic heterocycles. The van der Waals surface area contributed by atoms with Crippen molar-refractivity contribution < 1.29 is 0 Å². The van der Waals surface area contributed by atoms with Crippen LogP contribution in [0.4, 0.5) is 0 Å². The number of hydrogen-bond acceptors (Lipinski definition) is 4. The van der Waals surface area contributed by atoms with Gasteiger partial charge in [0.2, 0.25) is 0 Å². The molecule has 0 radical (unpaired) electrons. The van der Waals surface area contributed by atoms with Crippen molar-refractivity contribution in [2.45, 2.75) is 26.4 Å². The Hall–Kier alpha value is -1.75. The first-order chi connectivity index (χ1) is 8.27. The molecule has 0 fully saturated rings. The van der Waals surface area contributed by atoms with Crippen molar-refractivity contribution in [3.05, 3.63) is 41.7 Å². The lowest BCUT2D eigenvalue weighted by Crippen LogP contribution is -2.25. The number of aromatic amines is 1. The molecule has 0 saturated heterocycles. The molecule has 0 aliphatic rings. The fraction of sp³-hybridized carbons (Fsp3) is 0.417. The van der Waals surface area contributed by atoms with Gasteiger partial charge in [0.05, 0.1) is 6.54 Å². The van der Waals surface area contributed by atoms with Gasteiger partial charge in [-0.3, -0.25) is 0 Å². The van der Waals surface area contributed by atoms with E-state index in [0.29, 0.717) is 24.3 Å². The minimum atomic E-state index is 0.301. The highest BCUT2D eigenvalue weighted by atomic mass is 15.5. The lowest BCUT2D eigenvalue weighted by molar-refractivity contribution is 0.406. The highest BCUT2D eigenvalue weighted by molar-refractivity contribution is 5.19. The normalized spacial score (nSPS) is 12.9. The number of nitrogens with one attached hydrogen (secondary N) is 2. The molecule has 1 heterocycles. The third-order valence-corrected chi connectivity index (χ3v) is 2.69. The molecule has 0 saturated carbocycles. The standard InChI is InChI=1S/C12H17N5/c1-9(2)12(10-6-4-3-5-7-10)13-8-11-14-16-17-15-11/h3-7,9,12-13H,8H2,1-2H3,(H,14,15,16,17). The van der Waals surface area contributed by atoms with E-state index in [9.17, 15) is 0 Å². The minimum absolute atomic E-state index is 0.301.